The summed E-state index contributed by atoms with van der Waals surface area (Å²) in [6.45, 7) is 8.79. The molecule has 4 heteroatoms. The Hall–Kier alpha value is 0.0700. The smallest absolute Gasteiger partial charge is 0.311 e. The van der Waals surface area contributed by atoms with Crippen LogP contribution in [-0.4, -0.2) is 12.3 Å². The number of hydrogen-bond acceptors (Lipinski definition) is 3. The van der Waals surface area contributed by atoms with Crippen LogP contribution in [0.15, 0.2) is 0 Å². The van der Waals surface area contributed by atoms with Gasteiger partial charge in [0.25, 0.3) is 0 Å². The third-order valence-electron chi connectivity index (χ3n) is 4.37. The summed E-state index contributed by atoms with van der Waals surface area (Å²) in [6, 6.07) is 0. The molecule has 0 spiro atoms. The van der Waals surface area contributed by atoms with Crippen LogP contribution in [-0.2, 0) is 4.57 Å². The van der Waals surface area contributed by atoms with E-state index in [0.29, 0.717) is 11.8 Å². The Morgan fingerprint density at radius 1 is 1.00 bits per heavy atom. The highest BCUT2D eigenvalue weighted by atomic mass is 32.7. The van der Waals surface area contributed by atoms with E-state index in [0.717, 1.165) is 49.4 Å². The van der Waals surface area contributed by atoms with E-state index >= 15 is 0 Å². The van der Waals surface area contributed by atoms with Crippen LogP contribution in [0.5, 0.6) is 0 Å². The second-order valence-corrected chi connectivity index (χ2v) is 11.5. The Kier molecular flexibility index (Phi) is 12.6. The van der Waals surface area contributed by atoms with Gasteiger partial charge >= 0.3 is 1.43 Å². The minimum atomic E-state index is -2.39. The SMILES string of the molecule is CCCCC(CC)CP(=O)(CC(CC)CCCC)SC#N.[H+]. The van der Waals surface area contributed by atoms with Crippen LogP contribution in [0, 0.1) is 22.5 Å². The largest absolute Gasteiger partial charge is 1.00 e. The van der Waals surface area contributed by atoms with Gasteiger partial charge in [0, 0.05) is 23.7 Å². The predicted molar refractivity (Wildman–Crippen MR) is 98.3 cm³/mol. The van der Waals surface area contributed by atoms with Crippen molar-refractivity contribution in [2.75, 3.05) is 12.3 Å². The lowest BCUT2D eigenvalue weighted by molar-refractivity contribution is 0.468. The van der Waals surface area contributed by atoms with E-state index < -0.39 is 6.34 Å². The monoisotopic (exact) mass is 332 g/mol. The summed E-state index contributed by atoms with van der Waals surface area (Å²) in [4.78, 5) is 0. The van der Waals surface area contributed by atoms with Crippen molar-refractivity contribution in [2.24, 2.45) is 11.8 Å². The highest BCUT2D eigenvalue weighted by Crippen LogP contribution is 2.61. The van der Waals surface area contributed by atoms with Crippen molar-refractivity contribution in [1.29, 1.82) is 5.26 Å². The predicted octanol–water partition coefficient (Wildman–Crippen LogP) is 7.02. The average molecular weight is 333 g/mol. The molecule has 124 valence electrons. The number of hydrogen-bond donors (Lipinski definition) is 0. The van der Waals surface area contributed by atoms with Crippen molar-refractivity contribution >= 4 is 17.7 Å². The van der Waals surface area contributed by atoms with Crippen LogP contribution in [0.4, 0.5) is 0 Å². The van der Waals surface area contributed by atoms with Crippen LogP contribution in [0.3, 0.4) is 0 Å². The van der Waals surface area contributed by atoms with Gasteiger partial charge in [-0.15, -0.1) is 0 Å². The lowest BCUT2D eigenvalue weighted by atomic mass is 10.0. The maximum atomic E-state index is 13.2. The summed E-state index contributed by atoms with van der Waals surface area (Å²) in [5.74, 6) is 1.06. The average Bonchev–Trinajstić information content (AvgIpc) is 2.48. The summed E-state index contributed by atoms with van der Waals surface area (Å²) >= 11 is 1.09. The standard InChI is InChI=1S/C17H34NOPS/c1-5-9-11-16(7-3)13-20(19,21-15-18)14-17(8-4)12-10-6-2/h16-17H,5-14H2,1-4H3/p+1. The molecule has 0 heterocycles. The highest BCUT2D eigenvalue weighted by molar-refractivity contribution is 8.60. The molecule has 2 atom stereocenters. The van der Waals surface area contributed by atoms with E-state index in [1.54, 1.807) is 0 Å². The van der Waals surface area contributed by atoms with Crippen molar-refractivity contribution in [3.63, 3.8) is 0 Å². The summed E-state index contributed by atoms with van der Waals surface area (Å²) in [5, 5.41) is 11.2. The lowest BCUT2D eigenvalue weighted by Crippen LogP contribution is -2.11. The normalized spacial score (nSPS) is 16.9. The third-order valence-corrected chi connectivity index (χ3v) is 9.06. The van der Waals surface area contributed by atoms with Gasteiger partial charge in [-0.25, -0.2) is 0 Å². The summed E-state index contributed by atoms with van der Waals surface area (Å²) in [7, 11) is 0. The van der Waals surface area contributed by atoms with E-state index in [1.807, 2.05) is 0 Å². The van der Waals surface area contributed by atoms with Crippen molar-refractivity contribution in [3.05, 3.63) is 0 Å². The van der Waals surface area contributed by atoms with Crippen molar-refractivity contribution in [2.45, 2.75) is 79.1 Å². The molecule has 21 heavy (non-hydrogen) atoms. The Morgan fingerprint density at radius 3 is 1.71 bits per heavy atom. The van der Waals surface area contributed by atoms with Crippen LogP contribution >= 0.6 is 17.7 Å². The van der Waals surface area contributed by atoms with Crippen molar-refractivity contribution in [1.82, 2.24) is 0 Å². The first-order chi connectivity index (χ1) is 10.0. The second kappa shape index (κ2) is 12.6. The molecule has 0 aromatic carbocycles. The van der Waals surface area contributed by atoms with Gasteiger partial charge in [0.05, 0.1) is 0 Å². The van der Waals surface area contributed by atoms with Crippen LogP contribution in [0.1, 0.15) is 80.5 Å². The van der Waals surface area contributed by atoms with E-state index in [-0.39, 0.29) is 1.43 Å². The molecule has 0 N–H and O–H groups in total. The minimum absolute atomic E-state index is 0. The summed E-state index contributed by atoms with van der Waals surface area (Å²) in [5.41, 5.74) is 0. The fourth-order valence-electron chi connectivity index (χ4n) is 2.84. The summed E-state index contributed by atoms with van der Waals surface area (Å²) in [6.07, 6.45) is 8.45. The first-order valence-electron chi connectivity index (χ1n) is 8.70. The minimum Gasteiger partial charge on any atom is -0.311 e. The first-order valence-corrected chi connectivity index (χ1v) is 12.2. The van der Waals surface area contributed by atoms with Gasteiger partial charge in [-0.3, -0.25) is 0 Å². The Labute approximate surface area is 138 Å². The summed E-state index contributed by atoms with van der Waals surface area (Å²) < 4.78 is 13.2. The topological polar surface area (TPSA) is 40.9 Å². The fraction of sp³-hybridized carbons (Fsp3) is 0.941. The van der Waals surface area contributed by atoms with E-state index in [9.17, 15) is 4.57 Å². The van der Waals surface area contributed by atoms with Crippen LogP contribution in [0.25, 0.3) is 0 Å². The van der Waals surface area contributed by atoms with Gasteiger partial charge in [-0.1, -0.05) is 66.2 Å². The molecule has 0 fully saturated rings. The Morgan fingerprint density at radius 2 is 1.43 bits per heavy atom. The third kappa shape index (κ3) is 9.64. The van der Waals surface area contributed by atoms with E-state index in [2.05, 4.69) is 33.1 Å². The molecule has 0 aliphatic heterocycles. The van der Waals surface area contributed by atoms with Gasteiger partial charge < -0.3 is 4.57 Å². The molecule has 0 amide bonds. The zero-order chi connectivity index (χ0) is 16.1. The molecule has 0 aromatic heterocycles. The first kappa shape index (κ1) is 21.1. The number of unbranched alkanes of at least 4 members (excludes halogenated alkanes) is 2. The molecule has 0 saturated carbocycles. The maximum absolute atomic E-state index is 13.2. The molecular formula is C17H35NOPS+. The Balaban J connectivity index is 0. The zero-order valence-corrected chi connectivity index (χ0v) is 16.1. The molecule has 2 nitrogen and oxygen atoms in total. The molecule has 0 aliphatic rings. The zero-order valence-electron chi connectivity index (χ0n) is 15.4. The van der Waals surface area contributed by atoms with Gasteiger partial charge in [0.15, 0.2) is 6.34 Å². The fourth-order valence-corrected chi connectivity index (χ4v) is 7.91. The number of nitriles is 1. The molecule has 0 aliphatic carbocycles. The molecule has 0 radical (unpaired) electrons. The maximum Gasteiger partial charge on any atom is 1.00 e. The molecule has 0 aromatic rings. The van der Waals surface area contributed by atoms with E-state index in [1.165, 1.54) is 25.7 Å². The van der Waals surface area contributed by atoms with Crippen LogP contribution in [0.2, 0.25) is 0 Å². The number of thiocyanates is 1. The Bertz CT molecular complexity index is 324. The quantitative estimate of drug-likeness (QED) is 0.268. The molecule has 0 rings (SSSR count). The van der Waals surface area contributed by atoms with Gasteiger partial charge in [-0.05, 0) is 24.7 Å². The van der Waals surface area contributed by atoms with Gasteiger partial charge in [0.2, 0.25) is 0 Å². The van der Waals surface area contributed by atoms with Gasteiger partial charge in [-0.2, -0.15) is 5.26 Å². The molecule has 2 unspecified atom stereocenters. The van der Waals surface area contributed by atoms with Crippen molar-refractivity contribution < 1.29 is 5.99 Å². The van der Waals surface area contributed by atoms with Gasteiger partial charge in [0.1, 0.15) is 5.40 Å². The van der Waals surface area contributed by atoms with Crippen molar-refractivity contribution in [3.8, 4) is 5.40 Å². The molecule has 0 bridgehead atoms. The molecule has 0 saturated heterocycles. The molecular weight excluding hydrogens is 297 g/mol. The van der Waals surface area contributed by atoms with E-state index in [4.69, 9.17) is 5.26 Å². The van der Waals surface area contributed by atoms with Crippen LogP contribution < -0.4 is 0 Å². The lowest BCUT2D eigenvalue weighted by Gasteiger charge is -2.24. The number of rotatable bonds is 13. The highest BCUT2D eigenvalue weighted by Gasteiger charge is 2.29. The second-order valence-electron chi connectivity index (χ2n) is 6.20. The number of nitrogens with zero attached hydrogens (tertiary/aromatic N) is 1.